The van der Waals surface area contributed by atoms with Crippen LogP contribution < -0.4 is 16.6 Å². The van der Waals surface area contributed by atoms with E-state index in [0.29, 0.717) is 24.0 Å². The Morgan fingerprint density at radius 3 is 3.17 bits per heavy atom. The van der Waals surface area contributed by atoms with Gasteiger partial charge in [-0.25, -0.2) is 5.84 Å². The van der Waals surface area contributed by atoms with Crippen molar-refractivity contribution in [2.75, 3.05) is 6.54 Å². The van der Waals surface area contributed by atoms with E-state index in [2.05, 4.69) is 20.9 Å². The van der Waals surface area contributed by atoms with Crippen molar-refractivity contribution in [3.8, 4) is 0 Å². The molecule has 66 valence electrons. The molecule has 6 nitrogen and oxygen atoms in total. The van der Waals surface area contributed by atoms with E-state index in [0.717, 1.165) is 0 Å². The summed E-state index contributed by atoms with van der Waals surface area (Å²) in [4.78, 5) is 3.83. The summed E-state index contributed by atoms with van der Waals surface area (Å²) in [5.74, 6) is 5.60. The first-order chi connectivity index (χ1) is 5.83. The summed E-state index contributed by atoms with van der Waals surface area (Å²) >= 11 is 4.74. The van der Waals surface area contributed by atoms with Crippen LogP contribution in [0.25, 0.3) is 0 Å². The number of thiocarbonyl (C=S) groups is 1. The number of aromatic nitrogens is 2. The number of hydrogen-bond donors (Lipinski definition) is 3. The highest BCUT2D eigenvalue weighted by molar-refractivity contribution is 7.80. The molecule has 0 aliphatic rings. The largest absolute Gasteiger partial charge is 0.361 e. The number of hydrazine groups is 1. The molecular formula is C5H9N5OS. The highest BCUT2D eigenvalue weighted by Gasteiger charge is 1.98. The van der Waals surface area contributed by atoms with Gasteiger partial charge in [0.15, 0.2) is 11.4 Å². The lowest BCUT2D eigenvalue weighted by Crippen LogP contribution is -2.40. The molecule has 0 unspecified atom stereocenters. The van der Waals surface area contributed by atoms with E-state index in [1.165, 1.54) is 6.33 Å². The predicted molar refractivity (Wildman–Crippen MR) is 45.9 cm³/mol. The normalized spacial score (nSPS) is 9.42. The van der Waals surface area contributed by atoms with E-state index in [1.54, 1.807) is 0 Å². The smallest absolute Gasteiger partial charge is 0.228 e. The monoisotopic (exact) mass is 187 g/mol. The molecular weight excluding hydrogens is 178 g/mol. The molecule has 0 bridgehead atoms. The van der Waals surface area contributed by atoms with E-state index in [4.69, 9.17) is 22.6 Å². The van der Waals surface area contributed by atoms with Crippen molar-refractivity contribution in [1.29, 1.82) is 0 Å². The van der Waals surface area contributed by atoms with E-state index in [-0.39, 0.29) is 0 Å². The van der Waals surface area contributed by atoms with Gasteiger partial charge in [-0.05, 0) is 12.2 Å². The SMILES string of the molecule is NNC(=S)NCCc1ncno1. The Bertz CT molecular complexity index is 236. The van der Waals surface area contributed by atoms with Crippen LogP contribution in [0.5, 0.6) is 0 Å². The second-order valence-corrected chi connectivity index (χ2v) is 2.39. The molecule has 0 aliphatic carbocycles. The maximum absolute atomic E-state index is 5.03. The molecule has 1 aromatic rings. The minimum Gasteiger partial charge on any atom is -0.361 e. The molecule has 0 saturated carbocycles. The summed E-state index contributed by atoms with van der Waals surface area (Å²) in [6.45, 7) is 0.616. The molecule has 0 atom stereocenters. The van der Waals surface area contributed by atoms with Crippen LogP contribution in [0.3, 0.4) is 0 Å². The summed E-state index contributed by atoms with van der Waals surface area (Å²) < 4.78 is 4.75. The summed E-state index contributed by atoms with van der Waals surface area (Å²) in [7, 11) is 0. The summed E-state index contributed by atoms with van der Waals surface area (Å²) in [6, 6.07) is 0. The topological polar surface area (TPSA) is 89.0 Å². The van der Waals surface area contributed by atoms with E-state index in [9.17, 15) is 0 Å². The number of nitrogens with one attached hydrogen (secondary N) is 2. The molecule has 0 aromatic carbocycles. The van der Waals surface area contributed by atoms with Gasteiger partial charge in [0.05, 0.1) is 0 Å². The highest BCUT2D eigenvalue weighted by Crippen LogP contribution is 1.89. The third-order valence-corrected chi connectivity index (χ3v) is 1.42. The fourth-order valence-corrected chi connectivity index (χ4v) is 0.742. The highest BCUT2D eigenvalue weighted by atomic mass is 32.1. The van der Waals surface area contributed by atoms with Gasteiger partial charge in [-0.1, -0.05) is 5.16 Å². The van der Waals surface area contributed by atoms with Gasteiger partial charge in [0, 0.05) is 13.0 Å². The zero-order valence-electron chi connectivity index (χ0n) is 6.28. The summed E-state index contributed by atoms with van der Waals surface area (Å²) in [5.41, 5.74) is 2.30. The zero-order valence-corrected chi connectivity index (χ0v) is 7.10. The lowest BCUT2D eigenvalue weighted by atomic mass is 10.4. The maximum atomic E-state index is 5.03. The quantitative estimate of drug-likeness (QED) is 0.316. The van der Waals surface area contributed by atoms with Crippen molar-refractivity contribution in [1.82, 2.24) is 20.9 Å². The van der Waals surface area contributed by atoms with Gasteiger partial charge in [-0.2, -0.15) is 4.98 Å². The zero-order chi connectivity index (χ0) is 8.81. The lowest BCUT2D eigenvalue weighted by molar-refractivity contribution is 0.377. The fourth-order valence-electron chi connectivity index (χ4n) is 0.640. The number of hydrogen-bond acceptors (Lipinski definition) is 5. The number of nitrogens with two attached hydrogens (primary N) is 1. The van der Waals surface area contributed by atoms with Crippen molar-refractivity contribution >= 4 is 17.3 Å². The molecule has 1 rings (SSSR count). The van der Waals surface area contributed by atoms with E-state index >= 15 is 0 Å². The third-order valence-electron chi connectivity index (χ3n) is 1.16. The van der Waals surface area contributed by atoms with Crippen LogP contribution in [0.1, 0.15) is 5.89 Å². The molecule has 1 heterocycles. The molecule has 0 fully saturated rings. The first-order valence-corrected chi connectivity index (χ1v) is 3.73. The predicted octanol–water partition coefficient (Wildman–Crippen LogP) is -1.05. The average molecular weight is 187 g/mol. The molecule has 4 N–H and O–H groups in total. The summed E-state index contributed by atoms with van der Waals surface area (Å²) in [6.07, 6.45) is 1.98. The van der Waals surface area contributed by atoms with Crippen LogP contribution in [-0.4, -0.2) is 21.8 Å². The summed E-state index contributed by atoms with van der Waals surface area (Å²) in [5, 5.41) is 6.69. The standard InChI is InChI=1S/C5H9N5OS/c6-10-5(12)7-2-1-4-8-3-9-11-4/h3H,1-2,6H2,(H2,7,10,12). The second kappa shape index (κ2) is 4.62. The van der Waals surface area contributed by atoms with Crippen LogP contribution in [0, 0.1) is 0 Å². The van der Waals surface area contributed by atoms with E-state index < -0.39 is 0 Å². The van der Waals surface area contributed by atoms with Gasteiger partial charge in [-0.15, -0.1) is 0 Å². The molecule has 0 amide bonds. The van der Waals surface area contributed by atoms with Crippen molar-refractivity contribution in [3.63, 3.8) is 0 Å². The minimum absolute atomic E-state index is 0.398. The number of nitrogens with zero attached hydrogens (tertiary/aromatic N) is 2. The second-order valence-electron chi connectivity index (χ2n) is 1.99. The Morgan fingerprint density at radius 2 is 2.58 bits per heavy atom. The third kappa shape index (κ3) is 2.81. The van der Waals surface area contributed by atoms with Gasteiger partial charge in [-0.3, -0.25) is 0 Å². The van der Waals surface area contributed by atoms with E-state index in [1.807, 2.05) is 0 Å². The molecule has 0 spiro atoms. The maximum Gasteiger partial charge on any atom is 0.228 e. The first-order valence-electron chi connectivity index (χ1n) is 3.33. The van der Waals surface area contributed by atoms with Crippen molar-refractivity contribution in [2.24, 2.45) is 5.84 Å². The van der Waals surface area contributed by atoms with Gasteiger partial charge in [0.1, 0.15) is 0 Å². The van der Waals surface area contributed by atoms with Crippen molar-refractivity contribution < 1.29 is 4.52 Å². The molecule has 0 radical (unpaired) electrons. The average Bonchev–Trinajstić information content (AvgIpc) is 2.57. The fraction of sp³-hybridized carbons (Fsp3) is 0.400. The molecule has 0 aliphatic heterocycles. The molecule has 7 heteroatoms. The minimum atomic E-state index is 0.398. The Labute approximate surface area is 74.5 Å². The van der Waals surface area contributed by atoms with Gasteiger partial charge in [0.2, 0.25) is 5.89 Å². The van der Waals surface area contributed by atoms with Crippen LogP contribution in [-0.2, 0) is 6.42 Å². The van der Waals surface area contributed by atoms with Crippen LogP contribution in [0.4, 0.5) is 0 Å². The Hall–Kier alpha value is -1.21. The van der Waals surface area contributed by atoms with Crippen molar-refractivity contribution in [3.05, 3.63) is 12.2 Å². The first kappa shape index (κ1) is 8.88. The van der Waals surface area contributed by atoms with Gasteiger partial charge >= 0.3 is 0 Å². The number of rotatable bonds is 3. The Kier molecular flexibility index (Phi) is 3.42. The molecule has 0 saturated heterocycles. The Morgan fingerprint density at radius 1 is 1.75 bits per heavy atom. The van der Waals surface area contributed by atoms with Crippen LogP contribution in [0.15, 0.2) is 10.9 Å². The Balaban J connectivity index is 2.15. The molecule has 12 heavy (non-hydrogen) atoms. The van der Waals surface area contributed by atoms with Gasteiger partial charge < -0.3 is 15.3 Å². The van der Waals surface area contributed by atoms with Gasteiger partial charge in [0.25, 0.3) is 0 Å². The van der Waals surface area contributed by atoms with Crippen LogP contribution in [0.2, 0.25) is 0 Å². The van der Waals surface area contributed by atoms with Crippen molar-refractivity contribution in [2.45, 2.75) is 6.42 Å². The molecule has 1 aromatic heterocycles. The van der Waals surface area contributed by atoms with Crippen LogP contribution >= 0.6 is 12.2 Å². The lowest BCUT2D eigenvalue weighted by Gasteiger charge is -2.03.